The Hall–Kier alpha value is -1.07. The molecule has 0 bridgehead atoms. The van der Waals surface area contributed by atoms with Gasteiger partial charge in [-0.15, -0.1) is 0 Å². The van der Waals surface area contributed by atoms with Crippen LogP contribution in [0, 0.1) is 11.3 Å². The second-order valence-electron chi connectivity index (χ2n) is 6.97. The van der Waals surface area contributed by atoms with E-state index in [1.807, 2.05) is 0 Å². The van der Waals surface area contributed by atoms with Gasteiger partial charge in [0, 0.05) is 18.8 Å². The van der Waals surface area contributed by atoms with Gasteiger partial charge in [-0.1, -0.05) is 26.8 Å². The largest absolute Gasteiger partial charge is 0.399 e. The number of hydrogen-bond donors (Lipinski definition) is 1. The number of nitrogen functional groups attached to an aromatic ring is 1. The molecule has 2 rings (SSSR count). The minimum Gasteiger partial charge on any atom is -0.399 e. The highest BCUT2D eigenvalue weighted by molar-refractivity contribution is 7.89. The highest BCUT2D eigenvalue weighted by Crippen LogP contribution is 2.35. The monoisotopic (exact) mass is 310 g/mol. The molecule has 0 amide bonds. The van der Waals surface area contributed by atoms with Crippen molar-refractivity contribution >= 4 is 15.7 Å². The number of nitrogens with two attached hydrogens (primary N) is 1. The predicted molar refractivity (Wildman–Crippen MR) is 86.4 cm³/mol. The summed E-state index contributed by atoms with van der Waals surface area (Å²) >= 11 is 0. The van der Waals surface area contributed by atoms with Crippen molar-refractivity contribution in [3.8, 4) is 0 Å². The summed E-state index contributed by atoms with van der Waals surface area (Å²) < 4.78 is 27.1. The van der Waals surface area contributed by atoms with Crippen molar-refractivity contribution in [1.82, 2.24) is 4.31 Å². The smallest absolute Gasteiger partial charge is 0.243 e. The van der Waals surface area contributed by atoms with E-state index in [0.29, 0.717) is 29.6 Å². The average molecular weight is 310 g/mol. The van der Waals surface area contributed by atoms with E-state index in [9.17, 15) is 8.42 Å². The van der Waals surface area contributed by atoms with Crippen molar-refractivity contribution in [2.45, 2.75) is 44.9 Å². The molecule has 1 aliphatic rings. The maximum Gasteiger partial charge on any atom is 0.243 e. The molecule has 21 heavy (non-hydrogen) atoms. The molecule has 0 aliphatic carbocycles. The summed E-state index contributed by atoms with van der Waals surface area (Å²) in [5.74, 6) is 0.568. The van der Waals surface area contributed by atoms with Crippen LogP contribution in [0.5, 0.6) is 0 Å². The zero-order chi connectivity index (χ0) is 15.7. The Morgan fingerprint density at radius 3 is 2.52 bits per heavy atom. The van der Waals surface area contributed by atoms with E-state index in [1.54, 1.807) is 28.6 Å². The third-order valence-electron chi connectivity index (χ3n) is 4.41. The summed E-state index contributed by atoms with van der Waals surface area (Å²) in [5, 5.41) is 0. The van der Waals surface area contributed by atoms with Crippen molar-refractivity contribution in [3.05, 3.63) is 24.3 Å². The summed E-state index contributed by atoms with van der Waals surface area (Å²) in [6.45, 7) is 7.90. The summed E-state index contributed by atoms with van der Waals surface area (Å²) in [6, 6.07) is 6.56. The van der Waals surface area contributed by atoms with Crippen LogP contribution in [-0.2, 0) is 10.0 Å². The number of sulfonamides is 1. The van der Waals surface area contributed by atoms with E-state index in [2.05, 4.69) is 20.8 Å². The van der Waals surface area contributed by atoms with Crippen LogP contribution >= 0.6 is 0 Å². The van der Waals surface area contributed by atoms with Crippen LogP contribution in [0.4, 0.5) is 5.69 Å². The summed E-state index contributed by atoms with van der Waals surface area (Å²) in [6.07, 6.45) is 2.93. The molecule has 2 N–H and O–H groups in total. The van der Waals surface area contributed by atoms with Crippen LogP contribution in [0.3, 0.4) is 0 Å². The highest BCUT2D eigenvalue weighted by atomic mass is 32.2. The lowest BCUT2D eigenvalue weighted by molar-refractivity contribution is 0.217. The molecule has 1 atom stereocenters. The molecule has 1 aromatic carbocycles. The first-order valence-electron chi connectivity index (χ1n) is 7.57. The summed E-state index contributed by atoms with van der Waals surface area (Å²) in [7, 11) is -3.42. The minimum absolute atomic E-state index is 0.233. The maximum absolute atomic E-state index is 12.7. The van der Waals surface area contributed by atoms with Gasteiger partial charge in [-0.05, 0) is 48.8 Å². The van der Waals surface area contributed by atoms with Crippen LogP contribution in [0.1, 0.15) is 40.0 Å². The summed E-state index contributed by atoms with van der Waals surface area (Å²) in [4.78, 5) is 0.303. The van der Waals surface area contributed by atoms with Gasteiger partial charge in [-0.3, -0.25) is 0 Å². The lowest BCUT2D eigenvalue weighted by atomic mass is 9.77. The SMILES string of the molecule is CC(C)(C)C1CCCN(S(=O)(=O)c2cccc(N)c2)CC1. The quantitative estimate of drug-likeness (QED) is 0.854. The van der Waals surface area contributed by atoms with Gasteiger partial charge in [0.05, 0.1) is 4.90 Å². The molecular formula is C16H26N2O2S. The Morgan fingerprint density at radius 2 is 1.90 bits per heavy atom. The second-order valence-corrected chi connectivity index (χ2v) is 8.91. The first kappa shape index (κ1) is 16.3. The molecular weight excluding hydrogens is 284 g/mol. The van der Waals surface area contributed by atoms with Crippen LogP contribution in [0.15, 0.2) is 29.2 Å². The average Bonchev–Trinajstić information content (AvgIpc) is 2.64. The van der Waals surface area contributed by atoms with Gasteiger partial charge < -0.3 is 5.73 Å². The predicted octanol–water partition coefficient (Wildman–Crippen LogP) is 3.11. The molecule has 1 unspecified atom stereocenters. The van der Waals surface area contributed by atoms with Crippen LogP contribution in [-0.4, -0.2) is 25.8 Å². The Kier molecular flexibility index (Phi) is 4.63. The number of rotatable bonds is 2. The molecule has 118 valence electrons. The molecule has 0 aromatic heterocycles. The van der Waals surface area contributed by atoms with Crippen LogP contribution < -0.4 is 5.73 Å². The standard InChI is InChI=1S/C16H26N2O2S/c1-16(2,3)13-6-5-10-18(11-9-13)21(19,20)15-8-4-7-14(17)12-15/h4,7-8,12-13H,5-6,9-11,17H2,1-3H3. The van der Waals surface area contributed by atoms with Gasteiger partial charge in [0.1, 0.15) is 0 Å². The fourth-order valence-corrected chi connectivity index (χ4v) is 4.55. The topological polar surface area (TPSA) is 63.4 Å². The highest BCUT2D eigenvalue weighted by Gasteiger charge is 2.31. The molecule has 4 nitrogen and oxygen atoms in total. The fourth-order valence-electron chi connectivity index (χ4n) is 3.00. The lowest BCUT2D eigenvalue weighted by Crippen LogP contribution is -2.32. The Labute approximate surface area is 128 Å². The van der Waals surface area contributed by atoms with Crippen LogP contribution in [0.2, 0.25) is 0 Å². The zero-order valence-electron chi connectivity index (χ0n) is 13.2. The lowest BCUT2D eigenvalue weighted by Gasteiger charge is -2.29. The van der Waals surface area contributed by atoms with E-state index in [-0.39, 0.29) is 5.41 Å². The minimum atomic E-state index is -3.42. The van der Waals surface area contributed by atoms with Crippen molar-refractivity contribution in [3.63, 3.8) is 0 Å². The Bertz CT molecular complexity index is 591. The molecule has 5 heteroatoms. The normalized spacial score (nSPS) is 22.0. The Balaban J connectivity index is 2.18. The molecule has 1 fully saturated rings. The fraction of sp³-hybridized carbons (Fsp3) is 0.625. The number of anilines is 1. The van der Waals surface area contributed by atoms with E-state index in [4.69, 9.17) is 5.73 Å². The molecule has 1 saturated heterocycles. The van der Waals surface area contributed by atoms with Gasteiger partial charge in [0.15, 0.2) is 0 Å². The molecule has 0 saturated carbocycles. The third kappa shape index (κ3) is 3.77. The molecule has 1 aromatic rings. The first-order valence-corrected chi connectivity index (χ1v) is 9.01. The maximum atomic E-state index is 12.7. The number of nitrogens with zero attached hydrogens (tertiary/aromatic N) is 1. The first-order chi connectivity index (χ1) is 9.71. The Morgan fingerprint density at radius 1 is 1.19 bits per heavy atom. The molecule has 1 heterocycles. The van der Waals surface area contributed by atoms with Crippen molar-refractivity contribution < 1.29 is 8.42 Å². The van der Waals surface area contributed by atoms with Gasteiger partial charge >= 0.3 is 0 Å². The number of benzene rings is 1. The van der Waals surface area contributed by atoms with Gasteiger partial charge in [-0.2, -0.15) is 4.31 Å². The number of hydrogen-bond acceptors (Lipinski definition) is 3. The van der Waals surface area contributed by atoms with E-state index < -0.39 is 10.0 Å². The molecule has 0 spiro atoms. The van der Waals surface area contributed by atoms with Gasteiger partial charge in [0.2, 0.25) is 10.0 Å². The van der Waals surface area contributed by atoms with Gasteiger partial charge in [0.25, 0.3) is 0 Å². The zero-order valence-corrected chi connectivity index (χ0v) is 14.0. The van der Waals surface area contributed by atoms with Gasteiger partial charge in [-0.25, -0.2) is 8.42 Å². The summed E-state index contributed by atoms with van der Waals surface area (Å²) in [5.41, 5.74) is 6.43. The van der Waals surface area contributed by atoms with Crippen LogP contribution in [0.25, 0.3) is 0 Å². The van der Waals surface area contributed by atoms with E-state index >= 15 is 0 Å². The van der Waals surface area contributed by atoms with E-state index in [0.717, 1.165) is 19.3 Å². The molecule has 0 radical (unpaired) electrons. The second kappa shape index (κ2) is 5.97. The van der Waals surface area contributed by atoms with Crippen molar-refractivity contribution in [2.75, 3.05) is 18.8 Å². The molecule has 1 aliphatic heterocycles. The van der Waals surface area contributed by atoms with Crippen molar-refractivity contribution in [2.24, 2.45) is 11.3 Å². The third-order valence-corrected chi connectivity index (χ3v) is 6.30. The van der Waals surface area contributed by atoms with Crippen molar-refractivity contribution in [1.29, 1.82) is 0 Å². The van der Waals surface area contributed by atoms with E-state index in [1.165, 1.54) is 0 Å².